The molecule has 0 aromatic heterocycles. The summed E-state index contributed by atoms with van der Waals surface area (Å²) in [6, 6.07) is 7.69. The van der Waals surface area contributed by atoms with Crippen LogP contribution in [0.1, 0.15) is 30.9 Å². The minimum Gasteiger partial charge on any atom is -0.369 e. The van der Waals surface area contributed by atoms with E-state index in [1.165, 1.54) is 16.8 Å². The standard InChI is InChI=1S/C14H22N2/c1-10-4-5-14(8-11(10)2)16-7-6-13(15)9-12(16)3/h4-5,8,12-13H,6-7,9,15H2,1-3H3. The van der Waals surface area contributed by atoms with Gasteiger partial charge in [0.15, 0.2) is 0 Å². The van der Waals surface area contributed by atoms with Crippen LogP contribution in [0.15, 0.2) is 18.2 Å². The molecule has 0 radical (unpaired) electrons. The normalized spacial score (nSPS) is 25.9. The molecular weight excluding hydrogens is 196 g/mol. The van der Waals surface area contributed by atoms with Crippen LogP contribution in [0.2, 0.25) is 0 Å². The second kappa shape index (κ2) is 4.46. The van der Waals surface area contributed by atoms with Crippen molar-refractivity contribution in [2.24, 2.45) is 5.73 Å². The molecule has 1 aromatic carbocycles. The zero-order chi connectivity index (χ0) is 11.7. The Morgan fingerprint density at radius 3 is 2.62 bits per heavy atom. The van der Waals surface area contributed by atoms with Gasteiger partial charge in [-0.25, -0.2) is 0 Å². The molecule has 1 aliphatic heterocycles. The number of hydrogen-bond donors (Lipinski definition) is 1. The highest BCUT2D eigenvalue weighted by Gasteiger charge is 2.23. The Kier molecular flexibility index (Phi) is 3.20. The lowest BCUT2D eigenvalue weighted by molar-refractivity contribution is 0.430. The lowest BCUT2D eigenvalue weighted by atomic mass is 9.97. The monoisotopic (exact) mass is 218 g/mol. The molecule has 2 nitrogen and oxygen atoms in total. The summed E-state index contributed by atoms with van der Waals surface area (Å²) in [6.07, 6.45) is 2.21. The first-order chi connectivity index (χ1) is 7.58. The molecule has 16 heavy (non-hydrogen) atoms. The Bertz CT molecular complexity index is 373. The summed E-state index contributed by atoms with van der Waals surface area (Å²) < 4.78 is 0. The Morgan fingerprint density at radius 2 is 2.00 bits per heavy atom. The summed E-state index contributed by atoms with van der Waals surface area (Å²) in [5.41, 5.74) is 10.1. The number of piperidine rings is 1. The lowest BCUT2D eigenvalue weighted by Crippen LogP contribution is -2.45. The van der Waals surface area contributed by atoms with Crippen LogP contribution in [0.25, 0.3) is 0 Å². The van der Waals surface area contributed by atoms with Gasteiger partial charge < -0.3 is 10.6 Å². The predicted octanol–water partition coefficient (Wildman–Crippen LogP) is 2.62. The van der Waals surface area contributed by atoms with Crippen molar-refractivity contribution in [1.29, 1.82) is 0 Å². The first-order valence-corrected chi connectivity index (χ1v) is 6.17. The molecular formula is C14H22N2. The second-order valence-electron chi connectivity index (χ2n) is 5.10. The summed E-state index contributed by atoms with van der Waals surface area (Å²) in [7, 11) is 0. The molecule has 1 heterocycles. The van der Waals surface area contributed by atoms with Crippen molar-refractivity contribution >= 4 is 5.69 Å². The van der Waals surface area contributed by atoms with Crippen LogP contribution in [0.4, 0.5) is 5.69 Å². The molecule has 2 atom stereocenters. The number of rotatable bonds is 1. The zero-order valence-corrected chi connectivity index (χ0v) is 10.5. The Labute approximate surface area is 98.4 Å². The van der Waals surface area contributed by atoms with Gasteiger partial charge in [0.2, 0.25) is 0 Å². The van der Waals surface area contributed by atoms with E-state index in [4.69, 9.17) is 5.73 Å². The Morgan fingerprint density at radius 1 is 1.25 bits per heavy atom. The van der Waals surface area contributed by atoms with Crippen molar-refractivity contribution in [3.63, 3.8) is 0 Å². The number of benzene rings is 1. The molecule has 0 amide bonds. The molecule has 1 fully saturated rings. The van der Waals surface area contributed by atoms with Crippen LogP contribution < -0.4 is 10.6 Å². The van der Waals surface area contributed by atoms with Gasteiger partial charge in [0.25, 0.3) is 0 Å². The van der Waals surface area contributed by atoms with Crippen molar-refractivity contribution in [3.8, 4) is 0 Å². The van der Waals surface area contributed by atoms with Crippen molar-refractivity contribution in [2.75, 3.05) is 11.4 Å². The van der Waals surface area contributed by atoms with E-state index < -0.39 is 0 Å². The van der Waals surface area contributed by atoms with Gasteiger partial charge in [0, 0.05) is 24.3 Å². The molecule has 2 N–H and O–H groups in total. The minimum atomic E-state index is 0.387. The highest BCUT2D eigenvalue weighted by molar-refractivity contribution is 5.51. The molecule has 0 spiro atoms. The van der Waals surface area contributed by atoms with Gasteiger partial charge in [0.05, 0.1) is 0 Å². The van der Waals surface area contributed by atoms with Gasteiger partial charge in [-0.2, -0.15) is 0 Å². The third-order valence-corrected chi connectivity index (χ3v) is 3.74. The fraction of sp³-hybridized carbons (Fsp3) is 0.571. The summed E-state index contributed by atoms with van der Waals surface area (Å²) in [5.74, 6) is 0. The van der Waals surface area contributed by atoms with Crippen LogP contribution in [-0.4, -0.2) is 18.6 Å². The van der Waals surface area contributed by atoms with Crippen LogP contribution in [0, 0.1) is 13.8 Å². The van der Waals surface area contributed by atoms with Gasteiger partial charge in [0.1, 0.15) is 0 Å². The van der Waals surface area contributed by atoms with E-state index in [0.29, 0.717) is 12.1 Å². The van der Waals surface area contributed by atoms with Crippen molar-refractivity contribution < 1.29 is 0 Å². The van der Waals surface area contributed by atoms with Gasteiger partial charge in [-0.15, -0.1) is 0 Å². The van der Waals surface area contributed by atoms with Gasteiger partial charge in [-0.1, -0.05) is 6.07 Å². The summed E-state index contributed by atoms with van der Waals surface area (Å²) in [5, 5.41) is 0. The predicted molar refractivity (Wildman–Crippen MR) is 69.9 cm³/mol. The van der Waals surface area contributed by atoms with Gasteiger partial charge in [-0.05, 0) is 56.9 Å². The SMILES string of the molecule is Cc1ccc(N2CCC(N)CC2C)cc1C. The Hall–Kier alpha value is -1.02. The Balaban J connectivity index is 2.20. The molecule has 1 saturated heterocycles. The summed E-state index contributed by atoms with van der Waals surface area (Å²) in [4.78, 5) is 2.48. The number of nitrogens with zero attached hydrogens (tertiary/aromatic N) is 1. The van der Waals surface area contributed by atoms with E-state index in [2.05, 4.69) is 43.9 Å². The maximum atomic E-state index is 5.99. The third kappa shape index (κ3) is 2.22. The third-order valence-electron chi connectivity index (χ3n) is 3.74. The van der Waals surface area contributed by atoms with Crippen LogP contribution in [0.3, 0.4) is 0 Å². The molecule has 2 unspecified atom stereocenters. The van der Waals surface area contributed by atoms with E-state index in [9.17, 15) is 0 Å². The van der Waals surface area contributed by atoms with E-state index >= 15 is 0 Å². The molecule has 0 aliphatic carbocycles. The van der Waals surface area contributed by atoms with Crippen molar-refractivity contribution in [1.82, 2.24) is 0 Å². The van der Waals surface area contributed by atoms with Crippen LogP contribution >= 0.6 is 0 Å². The average molecular weight is 218 g/mol. The highest BCUT2D eigenvalue weighted by Crippen LogP contribution is 2.25. The van der Waals surface area contributed by atoms with E-state index in [1.54, 1.807) is 0 Å². The first-order valence-electron chi connectivity index (χ1n) is 6.17. The summed E-state index contributed by atoms with van der Waals surface area (Å²) in [6.45, 7) is 7.70. The topological polar surface area (TPSA) is 29.3 Å². The molecule has 2 rings (SSSR count). The minimum absolute atomic E-state index is 0.387. The number of hydrogen-bond acceptors (Lipinski definition) is 2. The smallest absolute Gasteiger partial charge is 0.0371 e. The molecule has 88 valence electrons. The van der Waals surface area contributed by atoms with E-state index in [0.717, 1.165) is 19.4 Å². The lowest BCUT2D eigenvalue weighted by Gasteiger charge is -2.38. The quantitative estimate of drug-likeness (QED) is 0.785. The van der Waals surface area contributed by atoms with E-state index in [1.807, 2.05) is 0 Å². The molecule has 1 aliphatic rings. The number of nitrogens with two attached hydrogens (primary N) is 1. The van der Waals surface area contributed by atoms with E-state index in [-0.39, 0.29) is 0 Å². The van der Waals surface area contributed by atoms with Gasteiger partial charge in [-0.3, -0.25) is 0 Å². The summed E-state index contributed by atoms with van der Waals surface area (Å²) >= 11 is 0. The zero-order valence-electron chi connectivity index (χ0n) is 10.5. The highest BCUT2D eigenvalue weighted by atomic mass is 15.2. The van der Waals surface area contributed by atoms with Crippen molar-refractivity contribution in [3.05, 3.63) is 29.3 Å². The maximum absolute atomic E-state index is 5.99. The maximum Gasteiger partial charge on any atom is 0.0371 e. The van der Waals surface area contributed by atoms with Crippen LogP contribution in [0.5, 0.6) is 0 Å². The molecule has 2 heteroatoms. The largest absolute Gasteiger partial charge is 0.369 e. The van der Waals surface area contributed by atoms with Gasteiger partial charge >= 0.3 is 0 Å². The van der Waals surface area contributed by atoms with Crippen molar-refractivity contribution in [2.45, 2.75) is 45.7 Å². The van der Waals surface area contributed by atoms with Crippen LogP contribution in [-0.2, 0) is 0 Å². The average Bonchev–Trinajstić information content (AvgIpc) is 2.22. The fourth-order valence-corrected chi connectivity index (χ4v) is 2.50. The number of anilines is 1. The second-order valence-corrected chi connectivity index (χ2v) is 5.10. The first kappa shape index (κ1) is 11.5. The number of aryl methyl sites for hydroxylation is 2. The molecule has 0 saturated carbocycles. The molecule has 1 aromatic rings. The molecule has 0 bridgehead atoms. The fourth-order valence-electron chi connectivity index (χ4n) is 2.50.